The summed E-state index contributed by atoms with van der Waals surface area (Å²) in [6, 6.07) is 13.3. The second kappa shape index (κ2) is 6.60. The van der Waals surface area contributed by atoms with E-state index in [1.54, 1.807) is 30.3 Å². The third-order valence-electron chi connectivity index (χ3n) is 3.73. The second-order valence-electron chi connectivity index (χ2n) is 5.40. The van der Waals surface area contributed by atoms with Gasteiger partial charge in [-0.25, -0.2) is 13.8 Å². The largest absolute Gasteiger partial charge is 0.426 e. The van der Waals surface area contributed by atoms with Crippen molar-refractivity contribution >= 4 is 17.0 Å². The number of para-hydroxylation sites is 2. The number of carbonyl (C=O) groups is 1. The fourth-order valence-electron chi connectivity index (χ4n) is 2.61. The monoisotopic (exact) mass is 313 g/mol. The standard InChI is InChI=1S/C18H16FNO3/c19-14-8-5-7-13(12-14)6-1-4-11-17(21)20-15-9-2-3-10-16(15)23-18(20)22/h2-3,5,7-10,12H,1,4,6,11H2. The number of unbranched alkanes of at least 4 members (excludes halogenated alkanes) is 1. The van der Waals surface area contributed by atoms with Crippen LogP contribution in [-0.2, 0) is 6.42 Å². The summed E-state index contributed by atoms with van der Waals surface area (Å²) in [7, 11) is 0. The first-order valence-corrected chi connectivity index (χ1v) is 7.53. The molecule has 0 unspecified atom stereocenters. The number of aryl methyl sites for hydroxylation is 1. The van der Waals surface area contributed by atoms with E-state index in [4.69, 9.17) is 4.42 Å². The van der Waals surface area contributed by atoms with E-state index < -0.39 is 5.76 Å². The Kier molecular flexibility index (Phi) is 4.37. The Morgan fingerprint density at radius 3 is 2.74 bits per heavy atom. The van der Waals surface area contributed by atoms with Crippen LogP contribution in [0.4, 0.5) is 4.39 Å². The zero-order chi connectivity index (χ0) is 16.2. The van der Waals surface area contributed by atoms with Crippen molar-refractivity contribution < 1.29 is 13.6 Å². The molecular formula is C18H16FNO3. The van der Waals surface area contributed by atoms with E-state index in [1.165, 1.54) is 12.1 Å². The molecule has 0 radical (unpaired) electrons. The van der Waals surface area contributed by atoms with Crippen LogP contribution < -0.4 is 5.76 Å². The Labute approximate surface area is 132 Å². The van der Waals surface area contributed by atoms with Crippen LogP contribution in [0.2, 0.25) is 0 Å². The van der Waals surface area contributed by atoms with E-state index in [0.717, 1.165) is 16.6 Å². The maximum atomic E-state index is 13.1. The number of hydrogen-bond acceptors (Lipinski definition) is 3. The number of halogens is 1. The van der Waals surface area contributed by atoms with Gasteiger partial charge in [0.1, 0.15) is 5.82 Å². The Morgan fingerprint density at radius 2 is 1.91 bits per heavy atom. The molecule has 0 spiro atoms. The van der Waals surface area contributed by atoms with Crippen LogP contribution in [0.15, 0.2) is 57.7 Å². The van der Waals surface area contributed by atoms with E-state index in [1.807, 2.05) is 6.07 Å². The number of rotatable bonds is 5. The number of carbonyl (C=O) groups excluding carboxylic acids is 1. The number of benzene rings is 2. The molecule has 0 saturated heterocycles. The predicted octanol–water partition coefficient (Wildman–Crippen LogP) is 3.79. The molecular weight excluding hydrogens is 297 g/mol. The van der Waals surface area contributed by atoms with E-state index in [-0.39, 0.29) is 18.1 Å². The van der Waals surface area contributed by atoms with Gasteiger partial charge in [0.25, 0.3) is 0 Å². The van der Waals surface area contributed by atoms with Gasteiger partial charge in [-0.1, -0.05) is 24.3 Å². The molecule has 0 N–H and O–H groups in total. The van der Waals surface area contributed by atoms with Crippen LogP contribution in [0.1, 0.15) is 29.6 Å². The second-order valence-corrected chi connectivity index (χ2v) is 5.40. The molecule has 3 rings (SSSR count). The van der Waals surface area contributed by atoms with Crippen LogP contribution >= 0.6 is 0 Å². The zero-order valence-electron chi connectivity index (χ0n) is 12.5. The highest BCUT2D eigenvalue weighted by Gasteiger charge is 2.14. The van der Waals surface area contributed by atoms with Gasteiger partial charge in [0.15, 0.2) is 5.58 Å². The minimum absolute atomic E-state index is 0.249. The smallest absolute Gasteiger partial charge is 0.407 e. The lowest BCUT2D eigenvalue weighted by Crippen LogP contribution is -2.22. The van der Waals surface area contributed by atoms with Gasteiger partial charge < -0.3 is 4.42 Å². The summed E-state index contributed by atoms with van der Waals surface area (Å²) in [5, 5.41) is 0. The van der Waals surface area contributed by atoms with Gasteiger partial charge in [0.05, 0.1) is 5.52 Å². The Balaban J connectivity index is 1.61. The summed E-state index contributed by atoms with van der Waals surface area (Å²) in [6.07, 6.45) is 2.33. The summed E-state index contributed by atoms with van der Waals surface area (Å²) >= 11 is 0. The quantitative estimate of drug-likeness (QED) is 0.673. The van der Waals surface area contributed by atoms with E-state index >= 15 is 0 Å². The molecule has 0 fully saturated rings. The first-order chi connectivity index (χ1) is 11.1. The average molecular weight is 313 g/mol. The zero-order valence-corrected chi connectivity index (χ0v) is 12.5. The number of hydrogen-bond donors (Lipinski definition) is 0. The van der Waals surface area contributed by atoms with Gasteiger partial charge >= 0.3 is 5.76 Å². The normalized spacial score (nSPS) is 11.0. The molecule has 5 heteroatoms. The molecule has 1 aromatic heterocycles. The lowest BCUT2D eigenvalue weighted by atomic mass is 10.1. The maximum absolute atomic E-state index is 13.1. The van der Waals surface area contributed by atoms with E-state index in [0.29, 0.717) is 23.9 Å². The molecule has 0 aliphatic heterocycles. The fraction of sp³-hybridized carbons (Fsp3) is 0.222. The highest BCUT2D eigenvalue weighted by Crippen LogP contribution is 2.14. The molecule has 0 atom stereocenters. The van der Waals surface area contributed by atoms with Gasteiger partial charge in [-0.2, -0.15) is 0 Å². The Bertz CT molecular complexity index is 894. The van der Waals surface area contributed by atoms with Gasteiger partial charge in [-0.15, -0.1) is 0 Å². The molecule has 3 aromatic rings. The van der Waals surface area contributed by atoms with Crippen molar-refractivity contribution in [2.24, 2.45) is 0 Å². The molecule has 0 amide bonds. The van der Waals surface area contributed by atoms with Crippen LogP contribution in [0.3, 0.4) is 0 Å². The summed E-state index contributed by atoms with van der Waals surface area (Å²) in [5.41, 5.74) is 1.81. The van der Waals surface area contributed by atoms with Gasteiger partial charge in [-0.3, -0.25) is 4.79 Å². The average Bonchev–Trinajstić information content (AvgIpc) is 2.87. The van der Waals surface area contributed by atoms with Gasteiger partial charge in [0, 0.05) is 6.42 Å². The van der Waals surface area contributed by atoms with Crippen molar-refractivity contribution in [3.05, 3.63) is 70.5 Å². The first-order valence-electron chi connectivity index (χ1n) is 7.53. The number of aromatic nitrogens is 1. The highest BCUT2D eigenvalue weighted by molar-refractivity contribution is 5.88. The molecule has 23 heavy (non-hydrogen) atoms. The third-order valence-corrected chi connectivity index (χ3v) is 3.73. The Morgan fingerprint density at radius 1 is 1.09 bits per heavy atom. The number of oxazole rings is 1. The van der Waals surface area contributed by atoms with E-state index in [9.17, 15) is 14.0 Å². The molecule has 118 valence electrons. The minimum Gasteiger partial charge on any atom is -0.407 e. The van der Waals surface area contributed by atoms with Crippen molar-refractivity contribution in [3.8, 4) is 0 Å². The van der Waals surface area contributed by atoms with Crippen molar-refractivity contribution in [3.63, 3.8) is 0 Å². The summed E-state index contributed by atoms with van der Waals surface area (Å²) in [4.78, 5) is 24.1. The van der Waals surface area contributed by atoms with Crippen molar-refractivity contribution in [2.45, 2.75) is 25.7 Å². The third kappa shape index (κ3) is 3.39. The molecule has 0 bridgehead atoms. The number of fused-ring (bicyclic) bond motifs is 1. The molecule has 0 aliphatic carbocycles. The molecule has 1 heterocycles. The Hall–Kier alpha value is -2.69. The summed E-state index contributed by atoms with van der Waals surface area (Å²) in [5.74, 6) is -1.18. The first kappa shape index (κ1) is 15.2. The molecule has 0 aliphatic rings. The fourth-order valence-corrected chi connectivity index (χ4v) is 2.61. The van der Waals surface area contributed by atoms with Crippen LogP contribution in [0, 0.1) is 5.82 Å². The lowest BCUT2D eigenvalue weighted by Gasteiger charge is -2.03. The van der Waals surface area contributed by atoms with E-state index in [2.05, 4.69) is 0 Å². The minimum atomic E-state index is -0.652. The maximum Gasteiger partial charge on any atom is 0.426 e. The molecule has 2 aromatic carbocycles. The lowest BCUT2D eigenvalue weighted by molar-refractivity contribution is 0.0895. The van der Waals surface area contributed by atoms with Gasteiger partial charge in [-0.05, 0) is 49.1 Å². The van der Waals surface area contributed by atoms with Crippen molar-refractivity contribution in [1.82, 2.24) is 4.57 Å². The van der Waals surface area contributed by atoms with Crippen molar-refractivity contribution in [2.75, 3.05) is 0 Å². The number of nitrogens with zero attached hydrogens (tertiary/aromatic N) is 1. The van der Waals surface area contributed by atoms with Crippen molar-refractivity contribution in [1.29, 1.82) is 0 Å². The topological polar surface area (TPSA) is 52.2 Å². The molecule has 4 nitrogen and oxygen atoms in total. The van der Waals surface area contributed by atoms with Gasteiger partial charge in [0.2, 0.25) is 5.91 Å². The highest BCUT2D eigenvalue weighted by atomic mass is 19.1. The summed E-state index contributed by atoms with van der Waals surface area (Å²) in [6.45, 7) is 0. The van der Waals surface area contributed by atoms with Crippen LogP contribution in [0.5, 0.6) is 0 Å². The summed E-state index contributed by atoms with van der Waals surface area (Å²) < 4.78 is 19.2. The SMILES string of the molecule is O=C(CCCCc1cccc(F)c1)n1c(=O)oc2ccccc21. The predicted molar refractivity (Wildman–Crippen MR) is 85.1 cm³/mol. The molecule has 0 saturated carbocycles. The van der Waals surface area contributed by atoms with Crippen LogP contribution in [0.25, 0.3) is 11.1 Å². The van der Waals surface area contributed by atoms with Crippen LogP contribution in [-0.4, -0.2) is 10.5 Å².